The molecule has 0 aliphatic carbocycles. The Morgan fingerprint density at radius 2 is 1.94 bits per heavy atom. The van der Waals surface area contributed by atoms with Crippen molar-refractivity contribution in [3.63, 3.8) is 0 Å². The first kappa shape index (κ1) is 12.2. The number of hydrogen-bond donors (Lipinski definition) is 1. The molecule has 90 valence electrons. The molecule has 2 rings (SSSR count). The van der Waals surface area contributed by atoms with E-state index in [1.807, 2.05) is 6.92 Å². The van der Waals surface area contributed by atoms with Crippen molar-refractivity contribution in [2.45, 2.75) is 37.6 Å². The second kappa shape index (κ2) is 5.36. The number of H-pyrrole nitrogens is 1. The fourth-order valence-electron chi connectivity index (χ4n) is 1.53. The van der Waals surface area contributed by atoms with Crippen LogP contribution in [-0.2, 0) is 5.75 Å². The van der Waals surface area contributed by atoms with Crippen LogP contribution in [0, 0.1) is 6.92 Å². The van der Waals surface area contributed by atoms with Crippen molar-refractivity contribution in [2.24, 2.45) is 0 Å². The minimum absolute atomic E-state index is 0.590. The lowest BCUT2D eigenvalue weighted by atomic mass is 10.0. The number of aromatic nitrogens is 3. The molecule has 0 atom stereocenters. The van der Waals surface area contributed by atoms with E-state index in [1.54, 1.807) is 11.8 Å². The van der Waals surface area contributed by atoms with Crippen LogP contribution in [0.25, 0.3) is 0 Å². The molecule has 0 bridgehead atoms. The number of thioether (sulfide) groups is 1. The fourth-order valence-corrected chi connectivity index (χ4v) is 2.33. The molecule has 0 saturated carbocycles. The van der Waals surface area contributed by atoms with E-state index in [0.29, 0.717) is 5.92 Å². The van der Waals surface area contributed by atoms with Crippen LogP contribution in [0.4, 0.5) is 0 Å². The van der Waals surface area contributed by atoms with Gasteiger partial charge < -0.3 is 0 Å². The number of hydrogen-bond acceptors (Lipinski definition) is 3. The Labute approximate surface area is 106 Å². The third-order valence-corrected chi connectivity index (χ3v) is 3.51. The van der Waals surface area contributed by atoms with Gasteiger partial charge in [0.2, 0.25) is 5.16 Å². The van der Waals surface area contributed by atoms with Crippen molar-refractivity contribution in [1.29, 1.82) is 0 Å². The molecule has 0 fully saturated rings. The summed E-state index contributed by atoms with van der Waals surface area (Å²) < 4.78 is 0. The molecule has 0 unspecified atom stereocenters. The SMILES string of the molecule is Cc1nc(SCc2ccc(C(C)C)cc2)n[nH]1. The first-order valence-electron chi connectivity index (χ1n) is 5.76. The van der Waals surface area contributed by atoms with Crippen molar-refractivity contribution >= 4 is 11.8 Å². The molecule has 1 N–H and O–H groups in total. The minimum atomic E-state index is 0.590. The molecule has 1 aromatic heterocycles. The third-order valence-electron chi connectivity index (χ3n) is 2.59. The van der Waals surface area contributed by atoms with Gasteiger partial charge in [0.1, 0.15) is 5.82 Å². The Hall–Kier alpha value is -1.29. The molecule has 3 nitrogen and oxygen atoms in total. The summed E-state index contributed by atoms with van der Waals surface area (Å²) in [5.74, 6) is 2.37. The summed E-state index contributed by atoms with van der Waals surface area (Å²) in [7, 11) is 0. The van der Waals surface area contributed by atoms with Crippen molar-refractivity contribution in [3.05, 3.63) is 41.2 Å². The van der Waals surface area contributed by atoms with E-state index in [9.17, 15) is 0 Å². The highest BCUT2D eigenvalue weighted by molar-refractivity contribution is 7.98. The summed E-state index contributed by atoms with van der Waals surface area (Å²) in [6, 6.07) is 8.76. The quantitative estimate of drug-likeness (QED) is 0.840. The number of nitrogens with zero attached hydrogens (tertiary/aromatic N) is 2. The van der Waals surface area contributed by atoms with Gasteiger partial charge in [-0.05, 0) is 24.0 Å². The number of aryl methyl sites for hydroxylation is 1. The van der Waals surface area contributed by atoms with Crippen LogP contribution < -0.4 is 0 Å². The summed E-state index contributed by atoms with van der Waals surface area (Å²) >= 11 is 1.66. The lowest BCUT2D eigenvalue weighted by Crippen LogP contribution is -1.88. The standard InChI is InChI=1S/C13H17N3S/c1-9(2)12-6-4-11(5-7-12)8-17-13-14-10(3)15-16-13/h4-7,9H,8H2,1-3H3,(H,14,15,16). The van der Waals surface area contributed by atoms with Crippen LogP contribution in [0.2, 0.25) is 0 Å². The van der Waals surface area contributed by atoms with E-state index in [-0.39, 0.29) is 0 Å². The van der Waals surface area contributed by atoms with Gasteiger partial charge in [-0.1, -0.05) is 49.9 Å². The number of rotatable bonds is 4. The monoisotopic (exact) mass is 247 g/mol. The summed E-state index contributed by atoms with van der Waals surface area (Å²) in [4.78, 5) is 4.27. The first-order chi connectivity index (χ1) is 8.15. The summed E-state index contributed by atoms with van der Waals surface area (Å²) in [6.07, 6.45) is 0. The third kappa shape index (κ3) is 3.33. The van der Waals surface area contributed by atoms with E-state index in [0.717, 1.165) is 16.7 Å². The summed E-state index contributed by atoms with van der Waals surface area (Å²) in [5.41, 5.74) is 2.69. The van der Waals surface area contributed by atoms with Crippen LogP contribution in [0.1, 0.15) is 36.7 Å². The fraction of sp³-hybridized carbons (Fsp3) is 0.385. The Morgan fingerprint density at radius 3 is 2.47 bits per heavy atom. The maximum atomic E-state index is 4.27. The number of nitrogens with one attached hydrogen (secondary N) is 1. The van der Waals surface area contributed by atoms with Crippen LogP contribution >= 0.6 is 11.8 Å². The summed E-state index contributed by atoms with van der Waals surface area (Å²) in [6.45, 7) is 6.33. The highest BCUT2D eigenvalue weighted by Gasteiger charge is 2.02. The van der Waals surface area contributed by atoms with Gasteiger partial charge in [0.15, 0.2) is 0 Å². The van der Waals surface area contributed by atoms with Gasteiger partial charge >= 0.3 is 0 Å². The maximum Gasteiger partial charge on any atom is 0.208 e. The van der Waals surface area contributed by atoms with E-state index in [1.165, 1.54) is 11.1 Å². The zero-order valence-electron chi connectivity index (χ0n) is 10.4. The van der Waals surface area contributed by atoms with Crippen molar-refractivity contribution < 1.29 is 0 Å². The second-order valence-corrected chi connectivity index (χ2v) is 5.33. The first-order valence-corrected chi connectivity index (χ1v) is 6.74. The predicted molar refractivity (Wildman–Crippen MR) is 71.2 cm³/mol. The van der Waals surface area contributed by atoms with Crippen molar-refractivity contribution in [1.82, 2.24) is 15.2 Å². The molecule has 0 spiro atoms. The van der Waals surface area contributed by atoms with Crippen LogP contribution in [0.3, 0.4) is 0 Å². The predicted octanol–water partition coefficient (Wildman–Crippen LogP) is 3.53. The molecule has 0 amide bonds. The van der Waals surface area contributed by atoms with Gasteiger partial charge in [-0.25, -0.2) is 4.98 Å². The topological polar surface area (TPSA) is 41.6 Å². The molecule has 17 heavy (non-hydrogen) atoms. The second-order valence-electron chi connectivity index (χ2n) is 4.39. The zero-order chi connectivity index (χ0) is 12.3. The minimum Gasteiger partial charge on any atom is -0.262 e. The largest absolute Gasteiger partial charge is 0.262 e. The van der Waals surface area contributed by atoms with Crippen LogP contribution in [-0.4, -0.2) is 15.2 Å². The molecular formula is C13H17N3S. The van der Waals surface area contributed by atoms with Crippen LogP contribution in [0.15, 0.2) is 29.4 Å². The Kier molecular flexibility index (Phi) is 3.84. The Bertz CT molecular complexity index is 474. The number of benzene rings is 1. The van der Waals surface area contributed by atoms with Crippen LogP contribution in [0.5, 0.6) is 0 Å². The highest BCUT2D eigenvalue weighted by atomic mass is 32.2. The van der Waals surface area contributed by atoms with E-state index >= 15 is 0 Å². The molecule has 0 aliphatic rings. The average molecular weight is 247 g/mol. The lowest BCUT2D eigenvalue weighted by Gasteiger charge is -2.05. The van der Waals surface area contributed by atoms with Crippen molar-refractivity contribution in [3.8, 4) is 0 Å². The molecule has 4 heteroatoms. The van der Waals surface area contributed by atoms with Gasteiger partial charge in [0, 0.05) is 5.75 Å². The molecule has 2 aromatic rings. The summed E-state index contributed by atoms with van der Waals surface area (Å²) in [5, 5.41) is 7.77. The zero-order valence-corrected chi connectivity index (χ0v) is 11.2. The smallest absolute Gasteiger partial charge is 0.208 e. The molecule has 0 radical (unpaired) electrons. The van der Waals surface area contributed by atoms with E-state index < -0.39 is 0 Å². The van der Waals surface area contributed by atoms with E-state index in [4.69, 9.17) is 0 Å². The van der Waals surface area contributed by atoms with Crippen molar-refractivity contribution in [2.75, 3.05) is 0 Å². The van der Waals surface area contributed by atoms with Gasteiger partial charge in [-0.2, -0.15) is 0 Å². The normalized spacial score (nSPS) is 11.1. The number of aromatic amines is 1. The van der Waals surface area contributed by atoms with Gasteiger partial charge in [0.05, 0.1) is 0 Å². The molecular weight excluding hydrogens is 230 g/mol. The van der Waals surface area contributed by atoms with Gasteiger partial charge in [0.25, 0.3) is 0 Å². The van der Waals surface area contributed by atoms with Gasteiger partial charge in [-0.3, -0.25) is 5.10 Å². The Balaban J connectivity index is 1.95. The molecule has 0 saturated heterocycles. The average Bonchev–Trinajstić information content (AvgIpc) is 2.73. The Morgan fingerprint density at radius 1 is 1.24 bits per heavy atom. The maximum absolute atomic E-state index is 4.27. The van der Waals surface area contributed by atoms with Gasteiger partial charge in [-0.15, -0.1) is 5.10 Å². The molecule has 0 aliphatic heterocycles. The molecule has 1 aromatic carbocycles. The lowest BCUT2D eigenvalue weighted by molar-refractivity contribution is 0.866. The molecule has 1 heterocycles. The highest BCUT2D eigenvalue weighted by Crippen LogP contribution is 2.21. The van der Waals surface area contributed by atoms with E-state index in [2.05, 4.69) is 53.3 Å².